The van der Waals surface area contributed by atoms with Crippen LogP contribution < -0.4 is 15.6 Å². The number of carbonyl (C=O) groups excluding carboxylic acids is 2. The number of aldehydes is 1. The molecule has 1 heterocycles. The summed E-state index contributed by atoms with van der Waals surface area (Å²) < 4.78 is 0. The van der Waals surface area contributed by atoms with Gasteiger partial charge < -0.3 is 20.5 Å². The minimum absolute atomic E-state index is 0.299. The van der Waals surface area contributed by atoms with Crippen LogP contribution in [0.5, 0.6) is 0 Å². The van der Waals surface area contributed by atoms with Crippen molar-refractivity contribution in [1.82, 2.24) is 5.32 Å². The third-order valence-electron chi connectivity index (χ3n) is 5.30. The summed E-state index contributed by atoms with van der Waals surface area (Å²) in [5, 5.41) is 29.2. The minimum Gasteiger partial charge on any atom is -0.400 e. The van der Waals surface area contributed by atoms with Crippen molar-refractivity contribution in [2.45, 2.75) is 32.7 Å². The number of hydrogen-bond donors (Lipinski definition) is 3. The van der Waals surface area contributed by atoms with Crippen LogP contribution in [0.1, 0.15) is 41.1 Å². The van der Waals surface area contributed by atoms with Crippen LogP contribution in [-0.4, -0.2) is 37.2 Å². The lowest BCUT2D eigenvalue weighted by atomic mass is 10.1. The highest BCUT2D eigenvalue weighted by atomic mass is 32.1. The molecule has 2 aromatic carbocycles. The summed E-state index contributed by atoms with van der Waals surface area (Å²) in [6.45, 7) is 7.48. The predicted octanol–water partition coefficient (Wildman–Crippen LogP) is 5.25. The number of nitriles is 1. The maximum atomic E-state index is 12.3. The van der Waals surface area contributed by atoms with Crippen molar-refractivity contribution in [3.8, 4) is 6.07 Å². The highest BCUT2D eigenvalue weighted by Gasteiger charge is 2.13. The zero-order valence-electron chi connectivity index (χ0n) is 21.1. The van der Waals surface area contributed by atoms with Gasteiger partial charge in [-0.1, -0.05) is 31.2 Å². The topological polar surface area (TPSA) is 118 Å². The lowest BCUT2D eigenvalue weighted by Gasteiger charge is -2.19. The smallest absolute Gasteiger partial charge is 0.251 e. The van der Waals surface area contributed by atoms with E-state index in [-0.39, 0.29) is 5.91 Å². The molecule has 1 aromatic heterocycles. The first-order valence-electron chi connectivity index (χ1n) is 11.6. The summed E-state index contributed by atoms with van der Waals surface area (Å²) in [6, 6.07) is 20.3. The minimum atomic E-state index is -0.497. The molecule has 0 fully saturated rings. The molecular weight excluding hydrogens is 486 g/mol. The Hall–Kier alpha value is -4.26. The SMILES string of the molecule is C=NN(/C(C)=C/Cc1cc(C#N)c(Nc2ccc(C(=O)NC(C=O)CC)cc2)s1)c1ccccc1.CO. The first-order chi connectivity index (χ1) is 18.0. The third-order valence-corrected chi connectivity index (χ3v) is 6.38. The van der Waals surface area contributed by atoms with E-state index >= 15 is 0 Å². The fraction of sp³-hybridized carbons (Fsp3) is 0.214. The van der Waals surface area contributed by atoms with E-state index in [1.54, 1.807) is 29.3 Å². The number of rotatable bonds is 11. The number of anilines is 3. The molecule has 0 saturated heterocycles. The molecule has 0 bridgehead atoms. The molecular formula is C28H31N5O3S. The van der Waals surface area contributed by atoms with Gasteiger partial charge in [-0.25, -0.2) is 5.01 Å². The summed E-state index contributed by atoms with van der Waals surface area (Å²) in [5.41, 5.74) is 3.63. The molecule has 3 aromatic rings. The second-order valence-electron chi connectivity index (χ2n) is 7.73. The van der Waals surface area contributed by atoms with Crippen molar-refractivity contribution in [3.63, 3.8) is 0 Å². The number of benzene rings is 2. The van der Waals surface area contributed by atoms with E-state index in [0.29, 0.717) is 24.0 Å². The van der Waals surface area contributed by atoms with Crippen molar-refractivity contribution in [2.75, 3.05) is 17.4 Å². The van der Waals surface area contributed by atoms with Crippen molar-refractivity contribution >= 4 is 46.6 Å². The van der Waals surface area contributed by atoms with E-state index in [1.807, 2.05) is 50.2 Å². The lowest BCUT2D eigenvalue weighted by Crippen LogP contribution is -2.35. The molecule has 1 amide bonds. The molecule has 0 radical (unpaired) electrons. The first-order valence-corrected chi connectivity index (χ1v) is 12.4. The van der Waals surface area contributed by atoms with Gasteiger partial charge in [0, 0.05) is 42.1 Å². The van der Waals surface area contributed by atoms with Crippen LogP contribution in [0.25, 0.3) is 0 Å². The lowest BCUT2D eigenvalue weighted by molar-refractivity contribution is -0.109. The normalized spacial score (nSPS) is 11.3. The number of amides is 1. The van der Waals surface area contributed by atoms with Crippen LogP contribution >= 0.6 is 11.3 Å². The number of hydrogen-bond acceptors (Lipinski definition) is 8. The molecule has 3 N–H and O–H groups in total. The van der Waals surface area contributed by atoms with Gasteiger partial charge in [0.15, 0.2) is 0 Å². The van der Waals surface area contributed by atoms with Crippen LogP contribution in [0.2, 0.25) is 0 Å². The Morgan fingerprint density at radius 3 is 2.46 bits per heavy atom. The van der Waals surface area contributed by atoms with Gasteiger partial charge in [0.1, 0.15) is 17.4 Å². The van der Waals surface area contributed by atoms with E-state index in [0.717, 1.165) is 40.3 Å². The van der Waals surface area contributed by atoms with E-state index in [2.05, 4.69) is 34.6 Å². The Bertz CT molecular complexity index is 1250. The Morgan fingerprint density at radius 2 is 1.89 bits per heavy atom. The van der Waals surface area contributed by atoms with E-state index in [9.17, 15) is 14.9 Å². The highest BCUT2D eigenvalue weighted by molar-refractivity contribution is 7.16. The maximum absolute atomic E-state index is 12.3. The van der Waals surface area contributed by atoms with Crippen LogP contribution in [0.3, 0.4) is 0 Å². The average Bonchev–Trinajstić information content (AvgIpc) is 3.34. The maximum Gasteiger partial charge on any atom is 0.251 e. The summed E-state index contributed by atoms with van der Waals surface area (Å²) in [6.07, 6.45) is 3.96. The van der Waals surface area contributed by atoms with Crippen LogP contribution in [0.15, 0.2) is 77.5 Å². The molecule has 0 aliphatic rings. The third kappa shape index (κ3) is 8.14. The van der Waals surface area contributed by atoms with Gasteiger partial charge in [-0.05, 0) is 55.8 Å². The van der Waals surface area contributed by atoms with Gasteiger partial charge in [-0.2, -0.15) is 10.4 Å². The molecule has 0 spiro atoms. The van der Waals surface area contributed by atoms with Crippen LogP contribution in [0.4, 0.5) is 16.4 Å². The molecule has 0 saturated carbocycles. The fourth-order valence-corrected chi connectivity index (χ4v) is 4.33. The Kier molecular flexibility index (Phi) is 11.7. The van der Waals surface area contributed by atoms with Gasteiger partial charge in [0.25, 0.3) is 5.91 Å². The predicted molar refractivity (Wildman–Crippen MR) is 150 cm³/mol. The largest absolute Gasteiger partial charge is 0.400 e. The summed E-state index contributed by atoms with van der Waals surface area (Å²) in [4.78, 5) is 24.3. The number of aliphatic hydroxyl groups is 1. The number of thiophene rings is 1. The molecule has 1 atom stereocenters. The molecule has 1 unspecified atom stereocenters. The molecule has 8 nitrogen and oxygen atoms in total. The quantitative estimate of drug-likeness (QED) is 0.182. The summed E-state index contributed by atoms with van der Waals surface area (Å²) in [7, 11) is 1.00. The molecule has 37 heavy (non-hydrogen) atoms. The summed E-state index contributed by atoms with van der Waals surface area (Å²) >= 11 is 1.50. The van der Waals surface area contributed by atoms with Crippen molar-refractivity contribution < 1.29 is 14.7 Å². The molecule has 3 rings (SSSR count). The van der Waals surface area contributed by atoms with Crippen molar-refractivity contribution in [3.05, 3.63) is 88.4 Å². The van der Waals surface area contributed by atoms with Crippen molar-refractivity contribution in [2.24, 2.45) is 5.10 Å². The average molecular weight is 518 g/mol. The van der Waals surface area contributed by atoms with Gasteiger partial charge >= 0.3 is 0 Å². The first kappa shape index (κ1) is 29.0. The molecule has 9 heteroatoms. The number of hydrazone groups is 1. The van der Waals surface area contributed by atoms with Gasteiger partial charge in [0.2, 0.25) is 0 Å². The summed E-state index contributed by atoms with van der Waals surface area (Å²) in [5.74, 6) is -0.299. The second-order valence-corrected chi connectivity index (χ2v) is 8.87. The van der Waals surface area contributed by atoms with E-state index in [4.69, 9.17) is 5.11 Å². The number of allylic oxidation sites excluding steroid dienone is 2. The zero-order chi connectivity index (χ0) is 27.2. The monoisotopic (exact) mass is 517 g/mol. The number of aliphatic hydroxyl groups excluding tert-OH is 1. The van der Waals surface area contributed by atoms with E-state index in [1.165, 1.54) is 11.3 Å². The van der Waals surface area contributed by atoms with Gasteiger partial charge in [-0.15, -0.1) is 11.3 Å². The van der Waals surface area contributed by atoms with Gasteiger partial charge in [-0.3, -0.25) is 4.79 Å². The van der Waals surface area contributed by atoms with Crippen LogP contribution in [0, 0.1) is 11.3 Å². The number of carbonyl (C=O) groups is 2. The van der Waals surface area contributed by atoms with Gasteiger partial charge in [0.05, 0.1) is 17.3 Å². The second kappa shape index (κ2) is 15.0. The molecule has 192 valence electrons. The van der Waals surface area contributed by atoms with Crippen molar-refractivity contribution in [1.29, 1.82) is 5.26 Å². The number of nitrogens with zero attached hydrogens (tertiary/aromatic N) is 3. The Balaban J connectivity index is 0.00000235. The molecule has 0 aliphatic carbocycles. The fourth-order valence-electron chi connectivity index (χ4n) is 3.34. The van der Waals surface area contributed by atoms with E-state index < -0.39 is 6.04 Å². The Morgan fingerprint density at radius 1 is 1.22 bits per heavy atom. The zero-order valence-corrected chi connectivity index (χ0v) is 22.0. The number of para-hydroxylation sites is 1. The highest BCUT2D eigenvalue weighted by Crippen LogP contribution is 2.31. The Labute approximate surface area is 221 Å². The standard InChI is InChI=1S/C27H27N5O2S.CH4O/c1-4-22(18-33)30-26(34)20-11-13-23(14-12-20)31-27-21(17-28)16-25(35-27)15-10-19(2)32(29-3)24-8-6-5-7-9-24;1-2/h5-14,16,18,22,31H,3-4,15H2,1-2H3,(H,30,34);2H,1H3/b19-10+;. The van der Waals surface area contributed by atoms with Crippen LogP contribution in [-0.2, 0) is 11.2 Å². The number of nitrogens with one attached hydrogen (secondary N) is 2. The molecule has 0 aliphatic heterocycles.